The van der Waals surface area contributed by atoms with Crippen LogP contribution >= 0.6 is 0 Å². The van der Waals surface area contributed by atoms with Gasteiger partial charge >= 0.3 is 0 Å². The number of benzene rings is 3. The number of piperidine rings is 1. The first kappa shape index (κ1) is 23.2. The quantitative estimate of drug-likeness (QED) is 0.412. The zero-order valence-corrected chi connectivity index (χ0v) is 20.1. The highest BCUT2D eigenvalue weighted by Crippen LogP contribution is 2.25. The lowest BCUT2D eigenvalue weighted by Crippen LogP contribution is -2.43. The molecule has 1 aliphatic rings. The molecule has 1 aromatic heterocycles. The van der Waals surface area contributed by atoms with E-state index >= 15 is 0 Å². The largest absolute Gasteiger partial charge is 0.355 e. The van der Waals surface area contributed by atoms with Gasteiger partial charge in [-0.2, -0.15) is 0 Å². The van der Waals surface area contributed by atoms with Gasteiger partial charge in [-0.1, -0.05) is 42.0 Å². The summed E-state index contributed by atoms with van der Waals surface area (Å²) < 4.78 is 15.7. The highest BCUT2D eigenvalue weighted by Gasteiger charge is 2.27. The molecule has 0 spiro atoms. The zero-order chi connectivity index (χ0) is 24.2. The van der Waals surface area contributed by atoms with Crippen molar-refractivity contribution in [3.63, 3.8) is 0 Å². The average Bonchev–Trinajstić information content (AvgIpc) is 3.22. The molecular formula is C29H31FN4O. The maximum absolute atomic E-state index is 13.6. The van der Waals surface area contributed by atoms with E-state index in [-0.39, 0.29) is 17.6 Å². The summed E-state index contributed by atoms with van der Waals surface area (Å²) in [5.74, 6) is 0.754. The Balaban J connectivity index is 1.26. The average molecular weight is 471 g/mol. The second-order valence-corrected chi connectivity index (χ2v) is 9.43. The van der Waals surface area contributed by atoms with E-state index in [1.807, 2.05) is 24.3 Å². The van der Waals surface area contributed by atoms with Crippen LogP contribution in [0.2, 0.25) is 0 Å². The lowest BCUT2D eigenvalue weighted by atomic mass is 9.97. The molecular weight excluding hydrogens is 439 g/mol. The summed E-state index contributed by atoms with van der Waals surface area (Å²) in [5, 5.41) is 3.15. The van der Waals surface area contributed by atoms with Crippen LogP contribution < -0.4 is 5.32 Å². The van der Waals surface area contributed by atoms with Crippen molar-refractivity contribution < 1.29 is 9.18 Å². The minimum absolute atomic E-state index is 0.0232. The molecule has 0 bridgehead atoms. The van der Waals surface area contributed by atoms with E-state index < -0.39 is 0 Å². The van der Waals surface area contributed by atoms with E-state index in [0.717, 1.165) is 48.4 Å². The molecule has 6 heteroatoms. The molecule has 4 aromatic rings. The molecule has 0 saturated carbocycles. The zero-order valence-electron chi connectivity index (χ0n) is 20.1. The molecule has 5 nitrogen and oxygen atoms in total. The number of carbonyl (C=O) groups is 1. The van der Waals surface area contributed by atoms with Gasteiger partial charge in [0, 0.05) is 18.8 Å². The second kappa shape index (κ2) is 10.4. The van der Waals surface area contributed by atoms with Gasteiger partial charge in [0.1, 0.15) is 11.6 Å². The Morgan fingerprint density at radius 2 is 1.91 bits per heavy atom. The second-order valence-electron chi connectivity index (χ2n) is 9.43. The minimum atomic E-state index is -0.257. The van der Waals surface area contributed by atoms with E-state index in [2.05, 4.69) is 46.0 Å². The standard InChI is InChI=1S/C29H31FN4O/c1-21-6-4-7-22(18-21)15-16-31-29(35)23-8-5-17-33(19-23)20-28-32-26-9-2-3-10-27(26)34(28)25-13-11-24(30)12-14-25/h2-4,6-7,9-14,18,23H,5,8,15-17,19-20H2,1H3,(H,31,35)/t23-/m1/s1. The van der Waals surface area contributed by atoms with Gasteiger partial charge in [-0.15, -0.1) is 0 Å². The van der Waals surface area contributed by atoms with Crippen LogP contribution in [0.1, 0.15) is 29.8 Å². The van der Waals surface area contributed by atoms with Crippen LogP contribution in [-0.2, 0) is 17.8 Å². The Kier molecular flexibility index (Phi) is 6.91. The topological polar surface area (TPSA) is 50.2 Å². The van der Waals surface area contributed by atoms with Gasteiger partial charge in [-0.3, -0.25) is 14.3 Å². The fourth-order valence-corrected chi connectivity index (χ4v) is 5.02. The first-order valence-corrected chi connectivity index (χ1v) is 12.3. The van der Waals surface area contributed by atoms with E-state index in [1.54, 1.807) is 12.1 Å². The molecule has 180 valence electrons. The van der Waals surface area contributed by atoms with Crippen molar-refractivity contribution in [2.24, 2.45) is 5.92 Å². The first-order chi connectivity index (χ1) is 17.1. The molecule has 1 saturated heterocycles. The van der Waals surface area contributed by atoms with Gasteiger partial charge in [0.15, 0.2) is 0 Å². The lowest BCUT2D eigenvalue weighted by Gasteiger charge is -2.31. The van der Waals surface area contributed by atoms with Crippen LogP contribution in [0.4, 0.5) is 4.39 Å². The van der Waals surface area contributed by atoms with Crippen molar-refractivity contribution in [3.8, 4) is 5.69 Å². The molecule has 0 aliphatic carbocycles. The Hall–Kier alpha value is -3.51. The number of fused-ring (bicyclic) bond motifs is 1. The number of nitrogens with zero attached hydrogens (tertiary/aromatic N) is 3. The van der Waals surface area contributed by atoms with E-state index in [4.69, 9.17) is 4.98 Å². The van der Waals surface area contributed by atoms with Gasteiger partial charge in [0.05, 0.1) is 23.5 Å². The number of halogens is 1. The van der Waals surface area contributed by atoms with E-state index in [9.17, 15) is 9.18 Å². The van der Waals surface area contributed by atoms with Crippen LogP contribution in [0, 0.1) is 18.7 Å². The monoisotopic (exact) mass is 470 g/mol. The lowest BCUT2D eigenvalue weighted by molar-refractivity contribution is -0.126. The predicted molar refractivity (Wildman–Crippen MR) is 137 cm³/mol. The summed E-state index contributed by atoms with van der Waals surface area (Å²) in [6.45, 7) is 5.02. The van der Waals surface area contributed by atoms with Crippen LogP contribution in [0.25, 0.3) is 16.7 Å². The van der Waals surface area contributed by atoms with Gasteiger partial charge in [0.25, 0.3) is 0 Å². The third-order valence-corrected chi connectivity index (χ3v) is 6.75. The van der Waals surface area contributed by atoms with E-state index in [0.29, 0.717) is 19.6 Å². The molecule has 1 aliphatic heterocycles. The highest BCUT2D eigenvalue weighted by atomic mass is 19.1. The van der Waals surface area contributed by atoms with Gasteiger partial charge in [-0.05, 0) is 74.7 Å². The SMILES string of the molecule is Cc1cccc(CCNC(=O)[C@@H]2CCCN(Cc3nc4ccccc4n3-c3ccc(F)cc3)C2)c1. The van der Waals surface area contributed by atoms with E-state index in [1.165, 1.54) is 23.3 Å². The molecule has 0 unspecified atom stereocenters. The number of hydrogen-bond donors (Lipinski definition) is 1. The van der Waals surface area contributed by atoms with Crippen molar-refractivity contribution in [2.45, 2.75) is 32.7 Å². The van der Waals surface area contributed by atoms with Gasteiger partial charge < -0.3 is 5.32 Å². The highest BCUT2D eigenvalue weighted by molar-refractivity contribution is 5.79. The number of likely N-dealkylation sites (tertiary alicyclic amines) is 1. The van der Waals surface area contributed by atoms with Crippen molar-refractivity contribution in [1.82, 2.24) is 19.8 Å². The number of hydrogen-bond acceptors (Lipinski definition) is 3. The Labute approximate surface area is 205 Å². The minimum Gasteiger partial charge on any atom is -0.355 e. The number of para-hydroxylation sites is 2. The van der Waals surface area contributed by atoms with Crippen LogP contribution in [0.3, 0.4) is 0 Å². The summed E-state index contributed by atoms with van der Waals surface area (Å²) in [7, 11) is 0. The number of rotatable bonds is 7. The van der Waals surface area contributed by atoms with Crippen molar-refractivity contribution in [1.29, 1.82) is 0 Å². The maximum atomic E-state index is 13.6. The molecule has 3 aromatic carbocycles. The third kappa shape index (κ3) is 5.43. The van der Waals surface area contributed by atoms with Crippen molar-refractivity contribution in [2.75, 3.05) is 19.6 Å². The maximum Gasteiger partial charge on any atom is 0.224 e. The summed E-state index contributed by atoms with van der Waals surface area (Å²) in [6, 6.07) is 23.0. The van der Waals surface area contributed by atoms with Crippen LogP contribution in [0.5, 0.6) is 0 Å². The van der Waals surface area contributed by atoms with Gasteiger partial charge in [0.2, 0.25) is 5.91 Å². The summed E-state index contributed by atoms with van der Waals surface area (Å²) >= 11 is 0. The predicted octanol–water partition coefficient (Wildman–Crippen LogP) is 5.04. The molecule has 2 heterocycles. The van der Waals surface area contributed by atoms with Gasteiger partial charge in [-0.25, -0.2) is 9.37 Å². The Bertz CT molecular complexity index is 1310. The van der Waals surface area contributed by atoms with Crippen LogP contribution in [-0.4, -0.2) is 40.0 Å². The number of aromatic nitrogens is 2. The normalized spacial score (nSPS) is 16.5. The van der Waals surface area contributed by atoms with Crippen molar-refractivity contribution >= 4 is 16.9 Å². The molecule has 1 atom stereocenters. The fourth-order valence-electron chi connectivity index (χ4n) is 5.02. The molecule has 1 N–H and O–H groups in total. The first-order valence-electron chi connectivity index (χ1n) is 12.3. The number of imidazole rings is 1. The molecule has 35 heavy (non-hydrogen) atoms. The number of carbonyl (C=O) groups excluding carboxylic acids is 1. The van der Waals surface area contributed by atoms with Crippen LogP contribution in [0.15, 0.2) is 72.8 Å². The number of amides is 1. The Morgan fingerprint density at radius 1 is 1.09 bits per heavy atom. The summed E-state index contributed by atoms with van der Waals surface area (Å²) in [4.78, 5) is 20.1. The smallest absolute Gasteiger partial charge is 0.224 e. The molecule has 5 rings (SSSR count). The molecule has 1 fully saturated rings. The summed E-state index contributed by atoms with van der Waals surface area (Å²) in [5.41, 5.74) is 5.28. The fraction of sp³-hybridized carbons (Fsp3) is 0.310. The van der Waals surface area contributed by atoms with Crippen molar-refractivity contribution in [3.05, 3.63) is 95.6 Å². The summed E-state index contributed by atoms with van der Waals surface area (Å²) in [6.07, 6.45) is 2.72. The Morgan fingerprint density at radius 3 is 2.74 bits per heavy atom. The number of aryl methyl sites for hydroxylation is 1. The molecule has 0 radical (unpaired) electrons. The molecule has 1 amide bonds. The number of nitrogens with one attached hydrogen (secondary N) is 1. The third-order valence-electron chi connectivity index (χ3n) is 6.75.